The molecule has 4 unspecified atom stereocenters. The van der Waals surface area contributed by atoms with Gasteiger partial charge in [0.15, 0.2) is 0 Å². The molecule has 0 amide bonds. The first-order chi connectivity index (χ1) is 17.3. The Morgan fingerprint density at radius 3 is 0.972 bits per heavy atom. The fraction of sp³-hybridized carbons (Fsp3) is 0.750. The van der Waals surface area contributed by atoms with Crippen molar-refractivity contribution in [1.29, 1.82) is 0 Å². The monoisotopic (exact) mass is 494 g/mol. The molecule has 8 aliphatic carbocycles. The van der Waals surface area contributed by atoms with E-state index in [-0.39, 0.29) is 33.2 Å². The molecule has 8 fully saturated rings. The molecule has 0 aromatic heterocycles. The van der Waals surface area contributed by atoms with Gasteiger partial charge in [0, 0.05) is 12.8 Å². The fourth-order valence-electron chi connectivity index (χ4n) is 11.3. The van der Waals surface area contributed by atoms with Crippen molar-refractivity contribution >= 4 is 0 Å². The Morgan fingerprint density at radius 1 is 0.444 bits per heavy atom. The van der Waals surface area contributed by atoms with Gasteiger partial charge in [0.25, 0.3) is 0 Å². The molecule has 0 heterocycles. The Kier molecular flexibility index (Phi) is 6.04. The van der Waals surface area contributed by atoms with E-state index in [2.05, 4.69) is 26.3 Å². The summed E-state index contributed by atoms with van der Waals surface area (Å²) in [6, 6.07) is 0. The molecule has 0 aliphatic heterocycles. The summed E-state index contributed by atoms with van der Waals surface area (Å²) in [5.41, 5.74) is -0.0464. The lowest BCUT2D eigenvalue weighted by Gasteiger charge is -2.76. The lowest BCUT2D eigenvalue weighted by Crippen LogP contribution is -2.74. The van der Waals surface area contributed by atoms with Crippen LogP contribution in [0.4, 0.5) is 0 Å². The molecule has 8 rings (SSSR count). The Hall–Kier alpha value is -1.20. The van der Waals surface area contributed by atoms with Gasteiger partial charge in [0.1, 0.15) is 0 Å². The summed E-state index contributed by atoms with van der Waals surface area (Å²) in [4.78, 5) is 0. The van der Waals surface area contributed by atoms with E-state index in [0.29, 0.717) is 38.3 Å². The highest BCUT2D eigenvalue weighted by atomic mass is 16.5. The zero-order valence-electron chi connectivity index (χ0n) is 22.2. The molecule has 8 aliphatic rings. The third-order valence-corrected chi connectivity index (χ3v) is 11.1. The summed E-state index contributed by atoms with van der Waals surface area (Å²) in [6.45, 7) is 18.4. The van der Waals surface area contributed by atoms with Gasteiger partial charge in [0.2, 0.25) is 0 Å². The second-order valence-corrected chi connectivity index (χ2v) is 13.7. The van der Waals surface area contributed by atoms with Crippen molar-refractivity contribution < 1.29 is 18.9 Å². The van der Waals surface area contributed by atoms with Crippen molar-refractivity contribution in [1.82, 2.24) is 0 Å². The second kappa shape index (κ2) is 8.66. The van der Waals surface area contributed by atoms with Crippen LogP contribution < -0.4 is 0 Å². The SMILES string of the molecule is C=CCOC12CC3CC(OCC=C)(C1)CC(C14CC5CC(OCC=C)(CC(OCC=C)(C5)C1)C4)(C3)C2. The van der Waals surface area contributed by atoms with Gasteiger partial charge in [0.05, 0.1) is 48.8 Å². The largest absolute Gasteiger partial charge is 0.371 e. The summed E-state index contributed by atoms with van der Waals surface area (Å²) in [5, 5.41) is 0. The van der Waals surface area contributed by atoms with Crippen LogP contribution >= 0.6 is 0 Å². The van der Waals surface area contributed by atoms with Crippen LogP contribution in [0.1, 0.15) is 77.0 Å². The smallest absolute Gasteiger partial charge is 0.0722 e. The van der Waals surface area contributed by atoms with E-state index >= 15 is 0 Å². The molecule has 0 spiro atoms. The van der Waals surface area contributed by atoms with Crippen molar-refractivity contribution in [3.8, 4) is 0 Å². The van der Waals surface area contributed by atoms with E-state index in [4.69, 9.17) is 18.9 Å². The molecule has 8 bridgehead atoms. The van der Waals surface area contributed by atoms with Crippen molar-refractivity contribution in [2.24, 2.45) is 22.7 Å². The highest BCUT2D eigenvalue weighted by Gasteiger charge is 2.75. The molecule has 0 N–H and O–H groups in total. The minimum Gasteiger partial charge on any atom is -0.371 e. The molecule has 0 radical (unpaired) electrons. The van der Waals surface area contributed by atoms with Gasteiger partial charge in [-0.2, -0.15) is 0 Å². The molecule has 0 saturated heterocycles. The molecule has 0 aromatic rings. The van der Waals surface area contributed by atoms with Crippen LogP contribution in [0.3, 0.4) is 0 Å². The van der Waals surface area contributed by atoms with Crippen LogP contribution in [0.15, 0.2) is 50.6 Å². The quantitative estimate of drug-likeness (QED) is 0.266. The van der Waals surface area contributed by atoms with Gasteiger partial charge in [-0.05, 0) is 86.9 Å². The number of hydrogen-bond acceptors (Lipinski definition) is 4. The molecule has 8 saturated carbocycles. The summed E-state index contributed by atoms with van der Waals surface area (Å²) < 4.78 is 27.0. The first-order valence-corrected chi connectivity index (χ1v) is 14.3. The van der Waals surface area contributed by atoms with Crippen LogP contribution in [0.2, 0.25) is 0 Å². The van der Waals surface area contributed by atoms with Crippen molar-refractivity contribution in [3.63, 3.8) is 0 Å². The lowest BCUT2D eigenvalue weighted by molar-refractivity contribution is -0.332. The van der Waals surface area contributed by atoms with E-state index < -0.39 is 0 Å². The highest BCUT2D eigenvalue weighted by Crippen LogP contribution is 2.78. The van der Waals surface area contributed by atoms with Gasteiger partial charge in [-0.15, -0.1) is 26.3 Å². The van der Waals surface area contributed by atoms with E-state index in [9.17, 15) is 0 Å². The van der Waals surface area contributed by atoms with Gasteiger partial charge in [-0.1, -0.05) is 24.3 Å². The molecular formula is C32H46O4. The van der Waals surface area contributed by atoms with Crippen LogP contribution in [0.25, 0.3) is 0 Å². The normalized spacial score (nSPS) is 49.8. The van der Waals surface area contributed by atoms with Gasteiger partial charge in [-0.3, -0.25) is 0 Å². The van der Waals surface area contributed by atoms with Crippen LogP contribution in [-0.4, -0.2) is 48.8 Å². The number of hydrogen-bond donors (Lipinski definition) is 0. The van der Waals surface area contributed by atoms with Gasteiger partial charge < -0.3 is 18.9 Å². The van der Waals surface area contributed by atoms with Gasteiger partial charge >= 0.3 is 0 Å². The van der Waals surface area contributed by atoms with Crippen LogP contribution in [0, 0.1) is 22.7 Å². The standard InChI is InChI=1S/C32H46O4/c1-5-9-33-29-15-25-13-27(19-29,20-30(16-25,23-29)34-10-6-2)28-14-26-17-31(21-28,35-11-7-3)24-32(18-26,22-28)36-12-8-4/h5-8,25-26H,1-4,9-24H2. The Labute approximate surface area is 218 Å². The van der Waals surface area contributed by atoms with Crippen LogP contribution in [-0.2, 0) is 18.9 Å². The lowest BCUT2D eigenvalue weighted by atomic mass is 9.32. The highest BCUT2D eigenvalue weighted by molar-refractivity contribution is 5.26. The maximum Gasteiger partial charge on any atom is 0.0722 e. The summed E-state index contributed by atoms with van der Waals surface area (Å²) in [6.07, 6.45) is 21.5. The predicted molar refractivity (Wildman–Crippen MR) is 143 cm³/mol. The van der Waals surface area contributed by atoms with Crippen molar-refractivity contribution in [2.45, 2.75) is 99.5 Å². The molecule has 198 valence electrons. The molecule has 4 nitrogen and oxygen atoms in total. The zero-order valence-corrected chi connectivity index (χ0v) is 22.2. The average molecular weight is 495 g/mol. The Balaban J connectivity index is 1.43. The summed E-state index contributed by atoms with van der Waals surface area (Å²) in [7, 11) is 0. The van der Waals surface area contributed by atoms with Crippen LogP contribution in [0.5, 0.6) is 0 Å². The number of rotatable bonds is 13. The summed E-state index contributed by atoms with van der Waals surface area (Å²) in [5.74, 6) is 1.30. The maximum atomic E-state index is 6.75. The predicted octanol–water partition coefficient (Wildman–Crippen LogP) is 6.72. The average Bonchev–Trinajstić information content (AvgIpc) is 2.82. The first kappa shape index (κ1) is 25.1. The summed E-state index contributed by atoms with van der Waals surface area (Å²) >= 11 is 0. The molecule has 4 heteroatoms. The molecular weight excluding hydrogens is 448 g/mol. The van der Waals surface area contributed by atoms with E-state index in [1.54, 1.807) is 0 Å². The molecule has 36 heavy (non-hydrogen) atoms. The zero-order chi connectivity index (χ0) is 25.1. The second-order valence-electron chi connectivity index (χ2n) is 13.7. The third-order valence-electron chi connectivity index (χ3n) is 11.1. The number of ether oxygens (including phenoxy) is 4. The third kappa shape index (κ3) is 3.77. The molecule has 4 atom stereocenters. The van der Waals surface area contributed by atoms with E-state index in [1.807, 2.05) is 24.3 Å². The minimum absolute atomic E-state index is 0.109. The van der Waals surface area contributed by atoms with Crippen molar-refractivity contribution in [3.05, 3.63) is 50.6 Å². The van der Waals surface area contributed by atoms with E-state index in [0.717, 1.165) is 64.2 Å². The Bertz CT molecular complexity index is 791. The fourth-order valence-corrected chi connectivity index (χ4v) is 11.3. The maximum absolute atomic E-state index is 6.75. The minimum atomic E-state index is -0.109. The van der Waals surface area contributed by atoms with Gasteiger partial charge in [-0.25, -0.2) is 0 Å². The van der Waals surface area contributed by atoms with Crippen molar-refractivity contribution in [2.75, 3.05) is 26.4 Å². The molecule has 0 aromatic carbocycles. The topological polar surface area (TPSA) is 36.9 Å². The first-order valence-electron chi connectivity index (χ1n) is 14.3. The Morgan fingerprint density at radius 2 is 0.722 bits per heavy atom. The van der Waals surface area contributed by atoms with E-state index in [1.165, 1.54) is 12.8 Å².